The van der Waals surface area contributed by atoms with Gasteiger partial charge in [0.2, 0.25) is 0 Å². The van der Waals surface area contributed by atoms with Crippen LogP contribution in [0, 0.1) is 0 Å². The Morgan fingerprint density at radius 3 is 2.62 bits per heavy atom. The summed E-state index contributed by atoms with van der Waals surface area (Å²) in [7, 11) is 0. The minimum Gasteiger partial charge on any atom is -0.298 e. The Hall–Kier alpha value is -1.07. The fourth-order valence-electron chi connectivity index (χ4n) is 3.86. The van der Waals surface area contributed by atoms with Crippen molar-refractivity contribution in [3.8, 4) is 0 Å². The zero-order valence-electron chi connectivity index (χ0n) is 12.6. The highest BCUT2D eigenvalue weighted by Crippen LogP contribution is 2.34. The second-order valence-corrected chi connectivity index (χ2v) is 6.82. The van der Waals surface area contributed by atoms with Gasteiger partial charge in [-0.3, -0.25) is 19.2 Å². The second kappa shape index (κ2) is 5.61. The minimum absolute atomic E-state index is 0.00281. The van der Waals surface area contributed by atoms with Gasteiger partial charge >= 0.3 is 5.69 Å². The molecule has 1 aromatic heterocycles. The molecule has 0 aliphatic carbocycles. The molecule has 2 atom stereocenters. The first-order chi connectivity index (χ1) is 10.0. The summed E-state index contributed by atoms with van der Waals surface area (Å²) >= 11 is 6.07. The molecular weight excluding hydrogens is 290 g/mol. The third kappa shape index (κ3) is 2.46. The van der Waals surface area contributed by atoms with Crippen LogP contribution in [0.15, 0.2) is 9.59 Å². The summed E-state index contributed by atoms with van der Waals surface area (Å²) in [5.41, 5.74) is -0.0616. The van der Waals surface area contributed by atoms with Crippen molar-refractivity contribution in [2.45, 2.75) is 57.5 Å². The van der Waals surface area contributed by atoms with E-state index in [0.29, 0.717) is 11.6 Å². The van der Waals surface area contributed by atoms with E-state index >= 15 is 0 Å². The van der Waals surface area contributed by atoms with Crippen molar-refractivity contribution in [2.24, 2.45) is 0 Å². The zero-order valence-corrected chi connectivity index (χ0v) is 13.3. The molecule has 2 unspecified atom stereocenters. The maximum atomic E-state index is 12.8. The van der Waals surface area contributed by atoms with Crippen LogP contribution in [0.1, 0.15) is 57.1 Å². The Morgan fingerprint density at radius 1 is 1.14 bits per heavy atom. The van der Waals surface area contributed by atoms with Crippen molar-refractivity contribution in [1.82, 2.24) is 14.5 Å². The quantitative estimate of drug-likeness (QED) is 0.851. The molecule has 0 bridgehead atoms. The normalized spacial score (nSPS) is 26.3. The average Bonchev–Trinajstić information content (AvgIpc) is 2.82. The third-order valence-corrected chi connectivity index (χ3v) is 5.15. The Labute approximate surface area is 128 Å². The lowest BCUT2D eigenvalue weighted by Crippen LogP contribution is -2.46. The molecule has 0 spiro atoms. The molecule has 5 nitrogen and oxygen atoms in total. The molecule has 2 aliphatic heterocycles. The Balaban J connectivity index is 2.09. The molecule has 3 rings (SSSR count). The van der Waals surface area contributed by atoms with Gasteiger partial charge in [0.15, 0.2) is 0 Å². The fraction of sp³-hybridized carbons (Fsp3) is 0.733. The number of hydrogen-bond donors (Lipinski definition) is 1. The summed E-state index contributed by atoms with van der Waals surface area (Å²) in [6.07, 6.45) is 4.32. The molecule has 0 radical (unpaired) electrons. The topological polar surface area (TPSA) is 58.1 Å². The number of nitrogens with zero attached hydrogens (tertiary/aromatic N) is 2. The van der Waals surface area contributed by atoms with Crippen LogP contribution >= 0.6 is 11.6 Å². The van der Waals surface area contributed by atoms with Gasteiger partial charge < -0.3 is 0 Å². The highest BCUT2D eigenvalue weighted by atomic mass is 35.5. The van der Waals surface area contributed by atoms with E-state index < -0.39 is 0 Å². The molecule has 116 valence electrons. The summed E-state index contributed by atoms with van der Waals surface area (Å²) in [5, 5.41) is 0.190. The van der Waals surface area contributed by atoms with Gasteiger partial charge in [0.25, 0.3) is 5.56 Å². The van der Waals surface area contributed by atoms with E-state index in [1.54, 1.807) is 0 Å². The monoisotopic (exact) mass is 311 g/mol. The van der Waals surface area contributed by atoms with E-state index in [-0.39, 0.29) is 28.4 Å². The molecule has 2 fully saturated rings. The molecule has 2 aliphatic rings. The molecule has 3 heterocycles. The van der Waals surface area contributed by atoms with Crippen molar-refractivity contribution in [3.63, 3.8) is 0 Å². The first-order valence-corrected chi connectivity index (χ1v) is 8.16. The summed E-state index contributed by atoms with van der Waals surface area (Å²) in [6.45, 7) is 5.90. The van der Waals surface area contributed by atoms with E-state index in [9.17, 15) is 9.59 Å². The van der Waals surface area contributed by atoms with Crippen LogP contribution in [0.25, 0.3) is 0 Å². The standard InChI is InChI=1S/C15H22ClN3O2/c1-9(2)12-13(16)17-15(21)19(14(12)20)11-6-8-18-7-4-3-5-10(11)18/h9-11H,3-8H2,1-2H3,(H,17,21). The predicted molar refractivity (Wildman–Crippen MR) is 83.3 cm³/mol. The van der Waals surface area contributed by atoms with Crippen LogP contribution < -0.4 is 11.2 Å². The van der Waals surface area contributed by atoms with Gasteiger partial charge in [-0.05, 0) is 31.7 Å². The third-order valence-electron chi connectivity index (χ3n) is 4.85. The molecule has 0 saturated carbocycles. The number of fused-ring (bicyclic) bond motifs is 1. The lowest BCUT2D eigenvalue weighted by molar-refractivity contribution is 0.170. The molecule has 0 amide bonds. The molecule has 0 aromatic carbocycles. The van der Waals surface area contributed by atoms with Crippen LogP contribution in [0.4, 0.5) is 0 Å². The van der Waals surface area contributed by atoms with Gasteiger partial charge in [-0.2, -0.15) is 0 Å². The summed E-state index contributed by atoms with van der Waals surface area (Å²) in [6, 6.07) is 0.301. The summed E-state index contributed by atoms with van der Waals surface area (Å²) in [4.78, 5) is 30.1. The largest absolute Gasteiger partial charge is 0.329 e. The second-order valence-electron chi connectivity index (χ2n) is 6.44. The molecule has 1 aromatic rings. The molecule has 21 heavy (non-hydrogen) atoms. The number of halogens is 1. The number of aromatic nitrogens is 2. The first-order valence-electron chi connectivity index (χ1n) is 7.79. The van der Waals surface area contributed by atoms with Crippen LogP contribution in [0.3, 0.4) is 0 Å². The van der Waals surface area contributed by atoms with Gasteiger partial charge in [-0.15, -0.1) is 0 Å². The van der Waals surface area contributed by atoms with Crippen molar-refractivity contribution in [3.05, 3.63) is 31.6 Å². The maximum Gasteiger partial charge on any atom is 0.329 e. The van der Waals surface area contributed by atoms with Crippen LogP contribution in [-0.4, -0.2) is 33.6 Å². The smallest absolute Gasteiger partial charge is 0.298 e. The van der Waals surface area contributed by atoms with E-state index in [1.165, 1.54) is 17.4 Å². The Morgan fingerprint density at radius 2 is 1.90 bits per heavy atom. The lowest BCUT2D eigenvalue weighted by Gasteiger charge is -2.32. The van der Waals surface area contributed by atoms with E-state index in [4.69, 9.17) is 11.6 Å². The molecule has 6 heteroatoms. The maximum absolute atomic E-state index is 12.8. The van der Waals surface area contributed by atoms with Crippen molar-refractivity contribution < 1.29 is 0 Å². The van der Waals surface area contributed by atoms with Crippen LogP contribution in [-0.2, 0) is 0 Å². The van der Waals surface area contributed by atoms with Gasteiger partial charge in [-0.25, -0.2) is 4.79 Å². The molecule has 2 saturated heterocycles. The van der Waals surface area contributed by atoms with Crippen LogP contribution in [0.2, 0.25) is 5.15 Å². The highest BCUT2D eigenvalue weighted by Gasteiger charge is 2.38. The number of nitrogens with one attached hydrogen (secondary N) is 1. The predicted octanol–water partition coefficient (Wildman–Crippen LogP) is 2.11. The van der Waals surface area contributed by atoms with E-state index in [0.717, 1.165) is 25.9 Å². The summed E-state index contributed by atoms with van der Waals surface area (Å²) in [5.74, 6) is -0.00281. The summed E-state index contributed by atoms with van der Waals surface area (Å²) < 4.78 is 1.43. The number of rotatable bonds is 2. The van der Waals surface area contributed by atoms with Crippen molar-refractivity contribution in [1.29, 1.82) is 0 Å². The van der Waals surface area contributed by atoms with Crippen molar-refractivity contribution in [2.75, 3.05) is 13.1 Å². The lowest BCUT2D eigenvalue weighted by atomic mass is 9.98. The molecular formula is C15H22ClN3O2. The minimum atomic E-state index is -0.369. The number of H-pyrrole nitrogens is 1. The Kier molecular flexibility index (Phi) is 3.97. The molecule has 1 N–H and O–H groups in total. The van der Waals surface area contributed by atoms with E-state index in [1.807, 2.05) is 13.8 Å². The van der Waals surface area contributed by atoms with Gasteiger partial charge in [0.1, 0.15) is 5.15 Å². The van der Waals surface area contributed by atoms with Crippen molar-refractivity contribution >= 4 is 11.6 Å². The number of piperidine rings is 1. The zero-order chi connectivity index (χ0) is 15.1. The Bertz CT molecular complexity index is 649. The SMILES string of the molecule is CC(C)c1c(Cl)[nH]c(=O)n(C2CCN3CCCCC23)c1=O. The number of aromatic amines is 1. The number of hydrogen-bond acceptors (Lipinski definition) is 3. The fourth-order valence-corrected chi connectivity index (χ4v) is 4.24. The highest BCUT2D eigenvalue weighted by molar-refractivity contribution is 6.30. The van der Waals surface area contributed by atoms with Gasteiger partial charge in [0.05, 0.1) is 11.6 Å². The van der Waals surface area contributed by atoms with Gasteiger partial charge in [-0.1, -0.05) is 31.9 Å². The van der Waals surface area contributed by atoms with E-state index in [2.05, 4.69) is 9.88 Å². The van der Waals surface area contributed by atoms with Gasteiger partial charge in [0, 0.05) is 12.6 Å². The van der Waals surface area contributed by atoms with Crippen LogP contribution in [0.5, 0.6) is 0 Å². The average molecular weight is 312 g/mol. The first kappa shape index (κ1) is 14.9.